The van der Waals surface area contributed by atoms with Gasteiger partial charge in [0.25, 0.3) is 0 Å². The Bertz CT molecular complexity index is 1020. The van der Waals surface area contributed by atoms with Crippen molar-refractivity contribution < 1.29 is 24.2 Å². The molecule has 1 heterocycles. The number of nitrogens with one attached hydrogen (secondary N) is 1. The number of piperidine rings is 1. The molecule has 0 aromatic heterocycles. The van der Waals surface area contributed by atoms with Gasteiger partial charge in [-0.15, -0.1) is 0 Å². The molecule has 1 fully saturated rings. The third kappa shape index (κ3) is 4.79. The number of amides is 2. The number of carbonyl (C=O) groups excluding carboxylic acids is 2. The quantitative estimate of drug-likeness (QED) is 0.633. The van der Waals surface area contributed by atoms with Gasteiger partial charge in [-0.1, -0.05) is 68.8 Å². The van der Waals surface area contributed by atoms with Crippen molar-refractivity contribution in [2.75, 3.05) is 13.2 Å². The summed E-state index contributed by atoms with van der Waals surface area (Å²) in [7, 11) is 0. The second-order valence-electron chi connectivity index (χ2n) is 9.34. The van der Waals surface area contributed by atoms with E-state index in [9.17, 15) is 19.5 Å². The molecule has 2 aromatic carbocycles. The highest BCUT2D eigenvalue weighted by Gasteiger charge is 2.38. The number of ether oxygens (including phenoxy) is 1. The number of alkyl carbamates (subject to hydrolysis) is 1. The zero-order valence-corrected chi connectivity index (χ0v) is 19.7. The van der Waals surface area contributed by atoms with E-state index < -0.39 is 24.1 Å². The van der Waals surface area contributed by atoms with Crippen LogP contribution in [0.15, 0.2) is 48.5 Å². The van der Waals surface area contributed by atoms with Crippen molar-refractivity contribution in [3.63, 3.8) is 0 Å². The summed E-state index contributed by atoms with van der Waals surface area (Å²) < 4.78 is 5.61. The molecule has 2 N–H and O–H groups in total. The van der Waals surface area contributed by atoms with Crippen LogP contribution in [0, 0.1) is 5.92 Å². The van der Waals surface area contributed by atoms with Gasteiger partial charge < -0.3 is 20.1 Å². The van der Waals surface area contributed by atoms with E-state index in [1.54, 1.807) is 0 Å². The van der Waals surface area contributed by atoms with Crippen molar-refractivity contribution in [2.45, 2.75) is 57.5 Å². The molecule has 2 amide bonds. The van der Waals surface area contributed by atoms with Gasteiger partial charge in [0.05, 0.1) is 0 Å². The smallest absolute Gasteiger partial charge is 0.407 e. The van der Waals surface area contributed by atoms with Crippen molar-refractivity contribution in [1.29, 1.82) is 0 Å². The monoisotopic (exact) mass is 464 g/mol. The standard InChI is InChI=1S/C27H32N2O5/c1-3-8-23(25(30)29-15-17(2)13-14-24(29)26(31)32)28-27(33)34-16-22-20-11-6-4-9-18(20)19-10-5-7-12-21(19)22/h4-7,9-12,17,22-24H,3,8,13-16H2,1-2H3,(H,28,33)(H,31,32)/t17?,23-,24?/m1/s1. The minimum absolute atomic E-state index is 0.0715. The number of carbonyl (C=O) groups is 3. The normalized spacial score (nSPS) is 20.2. The van der Waals surface area contributed by atoms with Crippen LogP contribution in [0.5, 0.6) is 0 Å². The molecule has 7 nitrogen and oxygen atoms in total. The molecular weight excluding hydrogens is 432 g/mol. The number of carboxylic acid groups (broad SMARTS) is 1. The lowest BCUT2D eigenvalue weighted by Crippen LogP contribution is -2.56. The van der Waals surface area contributed by atoms with E-state index in [0.717, 1.165) is 28.7 Å². The Kier molecular flexibility index (Phi) is 7.20. The molecule has 2 aliphatic rings. The maximum Gasteiger partial charge on any atom is 0.407 e. The van der Waals surface area contributed by atoms with Gasteiger partial charge in [-0.25, -0.2) is 9.59 Å². The number of benzene rings is 2. The zero-order valence-electron chi connectivity index (χ0n) is 19.7. The van der Waals surface area contributed by atoms with Crippen molar-refractivity contribution in [2.24, 2.45) is 5.92 Å². The molecule has 0 bridgehead atoms. The predicted molar refractivity (Wildman–Crippen MR) is 128 cm³/mol. The van der Waals surface area contributed by atoms with Gasteiger partial charge in [-0.2, -0.15) is 0 Å². The minimum atomic E-state index is -1.00. The summed E-state index contributed by atoms with van der Waals surface area (Å²) in [5.74, 6) is -1.21. The molecule has 2 unspecified atom stereocenters. The molecule has 4 rings (SSSR count). The Morgan fingerprint density at radius 3 is 2.26 bits per heavy atom. The second-order valence-corrected chi connectivity index (χ2v) is 9.34. The first kappa shape index (κ1) is 23.8. The fraction of sp³-hybridized carbons (Fsp3) is 0.444. The summed E-state index contributed by atoms with van der Waals surface area (Å²) in [6.07, 6.45) is 1.61. The summed E-state index contributed by atoms with van der Waals surface area (Å²) in [5, 5.41) is 12.3. The average Bonchev–Trinajstić information content (AvgIpc) is 3.15. The fourth-order valence-corrected chi connectivity index (χ4v) is 5.18. The third-order valence-electron chi connectivity index (χ3n) is 6.90. The SMILES string of the molecule is CCC[C@@H](NC(=O)OCC1c2ccccc2-c2ccccc21)C(=O)N1CC(C)CCC1C(=O)O. The van der Waals surface area contributed by atoms with Crippen LogP contribution in [0.3, 0.4) is 0 Å². The lowest BCUT2D eigenvalue weighted by Gasteiger charge is -2.38. The van der Waals surface area contributed by atoms with Crippen molar-refractivity contribution >= 4 is 18.0 Å². The maximum atomic E-state index is 13.3. The Hall–Kier alpha value is -3.35. The minimum Gasteiger partial charge on any atom is -0.480 e. The second kappa shape index (κ2) is 10.3. The number of hydrogen-bond donors (Lipinski definition) is 2. The highest BCUT2D eigenvalue weighted by molar-refractivity contribution is 5.89. The molecule has 1 saturated heterocycles. The summed E-state index contributed by atoms with van der Waals surface area (Å²) in [6.45, 7) is 4.47. The summed E-state index contributed by atoms with van der Waals surface area (Å²) in [6, 6.07) is 14.5. The Balaban J connectivity index is 1.44. The Morgan fingerprint density at radius 2 is 1.68 bits per heavy atom. The Morgan fingerprint density at radius 1 is 1.06 bits per heavy atom. The maximum absolute atomic E-state index is 13.3. The molecular formula is C27H32N2O5. The van der Waals surface area contributed by atoms with Gasteiger partial charge >= 0.3 is 12.1 Å². The van der Waals surface area contributed by atoms with Gasteiger partial charge in [0, 0.05) is 12.5 Å². The number of fused-ring (bicyclic) bond motifs is 3. The van der Waals surface area contributed by atoms with Gasteiger partial charge in [-0.3, -0.25) is 4.79 Å². The van der Waals surface area contributed by atoms with Gasteiger partial charge in [0.2, 0.25) is 5.91 Å². The zero-order chi connectivity index (χ0) is 24.2. The lowest BCUT2D eigenvalue weighted by molar-refractivity contribution is -0.154. The van der Waals surface area contributed by atoms with Crippen LogP contribution < -0.4 is 5.32 Å². The van der Waals surface area contributed by atoms with E-state index in [1.165, 1.54) is 4.90 Å². The number of aliphatic carboxylic acids is 1. The first-order valence-corrected chi connectivity index (χ1v) is 12.1. The number of likely N-dealkylation sites (tertiary alicyclic amines) is 1. The molecule has 1 aliphatic heterocycles. The van der Waals surface area contributed by atoms with Crippen molar-refractivity contribution in [1.82, 2.24) is 10.2 Å². The molecule has 3 atom stereocenters. The molecule has 7 heteroatoms. The van der Waals surface area contributed by atoms with E-state index in [-0.39, 0.29) is 24.3 Å². The molecule has 1 aliphatic carbocycles. The van der Waals surface area contributed by atoms with E-state index in [0.29, 0.717) is 25.8 Å². The Labute approximate surface area is 200 Å². The lowest BCUT2D eigenvalue weighted by atomic mass is 9.93. The number of hydrogen-bond acceptors (Lipinski definition) is 4. The molecule has 2 aromatic rings. The van der Waals surface area contributed by atoms with E-state index in [4.69, 9.17) is 4.74 Å². The first-order chi connectivity index (χ1) is 16.4. The van der Waals surface area contributed by atoms with Gasteiger partial charge in [-0.05, 0) is 47.4 Å². The number of carboxylic acids is 1. The van der Waals surface area contributed by atoms with Crippen molar-refractivity contribution in [3.05, 3.63) is 59.7 Å². The first-order valence-electron chi connectivity index (χ1n) is 12.1. The third-order valence-corrected chi connectivity index (χ3v) is 6.90. The van der Waals surface area contributed by atoms with Crippen LogP contribution in [0.25, 0.3) is 11.1 Å². The summed E-state index contributed by atoms with van der Waals surface area (Å²) >= 11 is 0. The molecule has 0 radical (unpaired) electrons. The summed E-state index contributed by atoms with van der Waals surface area (Å²) in [5.41, 5.74) is 4.52. The van der Waals surface area contributed by atoms with E-state index in [2.05, 4.69) is 17.4 Å². The molecule has 0 spiro atoms. The molecule has 180 valence electrons. The highest BCUT2D eigenvalue weighted by Crippen LogP contribution is 2.44. The number of rotatable bonds is 7. The van der Waals surface area contributed by atoms with Crippen LogP contribution in [0.4, 0.5) is 4.79 Å². The van der Waals surface area contributed by atoms with E-state index >= 15 is 0 Å². The van der Waals surface area contributed by atoms with Crippen LogP contribution >= 0.6 is 0 Å². The van der Waals surface area contributed by atoms with Crippen LogP contribution in [0.1, 0.15) is 56.6 Å². The van der Waals surface area contributed by atoms with Gasteiger partial charge in [0.1, 0.15) is 18.7 Å². The van der Waals surface area contributed by atoms with Crippen molar-refractivity contribution in [3.8, 4) is 11.1 Å². The predicted octanol–water partition coefficient (Wildman–Crippen LogP) is 4.41. The van der Waals surface area contributed by atoms with Crippen LogP contribution in [-0.4, -0.2) is 53.2 Å². The topological polar surface area (TPSA) is 95.9 Å². The largest absolute Gasteiger partial charge is 0.480 e. The average molecular weight is 465 g/mol. The van der Waals surface area contributed by atoms with Crippen LogP contribution in [-0.2, 0) is 14.3 Å². The van der Waals surface area contributed by atoms with Gasteiger partial charge in [0.15, 0.2) is 0 Å². The molecule has 34 heavy (non-hydrogen) atoms. The molecule has 0 saturated carbocycles. The fourth-order valence-electron chi connectivity index (χ4n) is 5.18. The highest BCUT2D eigenvalue weighted by atomic mass is 16.5. The van der Waals surface area contributed by atoms with E-state index in [1.807, 2.05) is 50.2 Å². The number of nitrogens with zero attached hydrogens (tertiary/aromatic N) is 1. The summed E-state index contributed by atoms with van der Waals surface area (Å²) in [4.78, 5) is 39.2. The van der Waals surface area contributed by atoms with Crippen LogP contribution in [0.2, 0.25) is 0 Å².